The molecular weight excluding hydrogens is 435 g/mol. The maximum absolute atomic E-state index is 14.0. The molecule has 0 unspecified atom stereocenters. The Morgan fingerprint density at radius 3 is 2.62 bits per heavy atom. The summed E-state index contributed by atoms with van der Waals surface area (Å²) in [7, 11) is -4.09. The first-order chi connectivity index (χ1) is 15.3. The number of nitrogens with two attached hydrogens (primary N) is 1. The van der Waals surface area contributed by atoms with Crippen molar-refractivity contribution in [2.75, 3.05) is 17.1 Å². The van der Waals surface area contributed by atoms with E-state index >= 15 is 0 Å². The van der Waals surface area contributed by atoms with Gasteiger partial charge in [-0.25, -0.2) is 22.8 Å². The monoisotopic (exact) mass is 456 g/mol. The van der Waals surface area contributed by atoms with E-state index in [9.17, 15) is 12.8 Å². The Kier molecular flexibility index (Phi) is 5.76. The van der Waals surface area contributed by atoms with Crippen LogP contribution in [0.25, 0.3) is 22.4 Å². The molecule has 0 aliphatic heterocycles. The van der Waals surface area contributed by atoms with Gasteiger partial charge in [-0.05, 0) is 55.8 Å². The molecule has 0 amide bonds. The highest BCUT2D eigenvalue weighted by Gasteiger charge is 2.20. The highest BCUT2D eigenvalue weighted by atomic mass is 32.2. The number of aromatic amines is 1. The highest BCUT2D eigenvalue weighted by molar-refractivity contribution is 7.92. The fourth-order valence-electron chi connectivity index (χ4n) is 3.17. The van der Waals surface area contributed by atoms with E-state index in [4.69, 9.17) is 10.5 Å². The normalized spacial score (nSPS) is 11.7. The minimum atomic E-state index is -4.09. The van der Waals surface area contributed by atoms with Gasteiger partial charge in [0.25, 0.3) is 10.0 Å². The standard InChI is InChI=1S/C21H21FN6O3S/c1-3-31-11-16-18-19(23)26-27-21(18)25-20(24-16)13-5-7-14(8-6-13)28-32(29,30)17-10-12(2)4-9-15(17)22/h4-10,28H,3,11H2,1-2H3,(H3,23,24,25,26,27). The first kappa shape index (κ1) is 21.7. The van der Waals surface area contributed by atoms with Crippen LogP contribution in [-0.4, -0.2) is 35.2 Å². The highest BCUT2D eigenvalue weighted by Crippen LogP contribution is 2.26. The van der Waals surface area contributed by atoms with Gasteiger partial charge in [0.15, 0.2) is 11.5 Å². The van der Waals surface area contributed by atoms with Gasteiger partial charge in [0.2, 0.25) is 0 Å². The van der Waals surface area contributed by atoms with Gasteiger partial charge in [-0.3, -0.25) is 9.82 Å². The summed E-state index contributed by atoms with van der Waals surface area (Å²) in [5.74, 6) is -0.0752. The first-order valence-corrected chi connectivity index (χ1v) is 11.2. The zero-order valence-corrected chi connectivity index (χ0v) is 18.2. The second-order valence-electron chi connectivity index (χ2n) is 7.08. The molecule has 0 spiro atoms. The molecule has 0 saturated heterocycles. The Bertz CT molecular complexity index is 1390. The third-order valence-electron chi connectivity index (χ3n) is 4.73. The molecule has 0 aliphatic rings. The fraction of sp³-hybridized carbons (Fsp3) is 0.190. The number of anilines is 2. The van der Waals surface area contributed by atoms with Crippen molar-refractivity contribution in [1.29, 1.82) is 0 Å². The van der Waals surface area contributed by atoms with Crippen molar-refractivity contribution in [2.45, 2.75) is 25.3 Å². The van der Waals surface area contributed by atoms with Gasteiger partial charge in [-0.2, -0.15) is 5.10 Å². The van der Waals surface area contributed by atoms with E-state index in [0.717, 1.165) is 6.07 Å². The number of sulfonamides is 1. The largest absolute Gasteiger partial charge is 0.383 e. The molecule has 9 nitrogen and oxygen atoms in total. The molecular formula is C21H21FN6O3S. The Morgan fingerprint density at radius 1 is 1.16 bits per heavy atom. The number of benzene rings is 2. The molecule has 0 fully saturated rings. The van der Waals surface area contributed by atoms with Crippen molar-refractivity contribution in [2.24, 2.45) is 0 Å². The van der Waals surface area contributed by atoms with Crippen LogP contribution in [0.5, 0.6) is 0 Å². The molecule has 166 valence electrons. The van der Waals surface area contributed by atoms with Gasteiger partial charge in [0, 0.05) is 17.9 Å². The summed E-state index contributed by atoms with van der Waals surface area (Å²) in [6, 6.07) is 10.3. The minimum Gasteiger partial charge on any atom is -0.383 e. The maximum atomic E-state index is 14.0. The van der Waals surface area contributed by atoms with Crippen LogP contribution < -0.4 is 10.5 Å². The van der Waals surface area contributed by atoms with E-state index in [1.807, 2.05) is 6.92 Å². The van der Waals surface area contributed by atoms with Crippen LogP contribution in [0.15, 0.2) is 47.4 Å². The van der Waals surface area contributed by atoms with Gasteiger partial charge in [0.1, 0.15) is 16.5 Å². The van der Waals surface area contributed by atoms with E-state index < -0.39 is 20.7 Å². The Morgan fingerprint density at radius 2 is 1.91 bits per heavy atom. The van der Waals surface area contributed by atoms with Crippen LogP contribution in [0, 0.1) is 12.7 Å². The third-order valence-corrected chi connectivity index (χ3v) is 6.13. The predicted molar refractivity (Wildman–Crippen MR) is 119 cm³/mol. The van der Waals surface area contributed by atoms with Crippen LogP contribution in [0.3, 0.4) is 0 Å². The Balaban J connectivity index is 1.64. The minimum absolute atomic E-state index is 0.242. The first-order valence-electron chi connectivity index (χ1n) is 9.76. The van der Waals surface area contributed by atoms with Crippen molar-refractivity contribution in [3.63, 3.8) is 0 Å². The van der Waals surface area contributed by atoms with Gasteiger partial charge < -0.3 is 10.5 Å². The summed E-state index contributed by atoms with van der Waals surface area (Å²) < 4.78 is 47.1. The van der Waals surface area contributed by atoms with Crippen LogP contribution in [-0.2, 0) is 21.4 Å². The summed E-state index contributed by atoms with van der Waals surface area (Å²) in [5.41, 5.74) is 8.48. The second-order valence-corrected chi connectivity index (χ2v) is 8.73. The van der Waals surface area contributed by atoms with Crippen LogP contribution >= 0.6 is 0 Å². The lowest BCUT2D eigenvalue weighted by molar-refractivity contribution is 0.132. The molecule has 4 N–H and O–H groups in total. The smallest absolute Gasteiger partial charge is 0.264 e. The molecule has 0 bridgehead atoms. The van der Waals surface area contributed by atoms with Crippen molar-refractivity contribution in [3.8, 4) is 11.4 Å². The zero-order valence-electron chi connectivity index (χ0n) is 17.4. The Labute approximate surface area is 183 Å². The molecule has 0 atom stereocenters. The van der Waals surface area contributed by atoms with Crippen LogP contribution in [0.2, 0.25) is 0 Å². The molecule has 4 rings (SSSR count). The summed E-state index contributed by atoms with van der Waals surface area (Å²) in [5, 5.41) is 7.40. The predicted octanol–water partition coefficient (Wildman–Crippen LogP) is 3.39. The van der Waals surface area contributed by atoms with Crippen LogP contribution in [0.1, 0.15) is 18.2 Å². The summed E-state index contributed by atoms with van der Waals surface area (Å²) >= 11 is 0. The molecule has 0 saturated carbocycles. The van der Waals surface area contributed by atoms with Crippen molar-refractivity contribution in [1.82, 2.24) is 20.2 Å². The molecule has 0 radical (unpaired) electrons. The lowest BCUT2D eigenvalue weighted by Crippen LogP contribution is -2.14. The number of hydrogen-bond acceptors (Lipinski definition) is 7. The average molecular weight is 457 g/mol. The molecule has 2 aromatic carbocycles. The lowest BCUT2D eigenvalue weighted by atomic mass is 10.2. The number of nitrogens with zero attached hydrogens (tertiary/aromatic N) is 3. The SMILES string of the molecule is CCOCc1nc(-c2ccc(NS(=O)(=O)c3cc(C)ccc3F)cc2)nc2n[nH]c(N)c12. The van der Waals surface area contributed by atoms with Crippen molar-refractivity contribution < 1.29 is 17.5 Å². The molecule has 2 aromatic heterocycles. The van der Waals surface area contributed by atoms with E-state index in [1.54, 1.807) is 31.2 Å². The number of fused-ring (bicyclic) bond motifs is 1. The second kappa shape index (κ2) is 8.52. The van der Waals surface area contributed by atoms with Gasteiger partial charge >= 0.3 is 0 Å². The number of H-pyrrole nitrogens is 1. The molecule has 32 heavy (non-hydrogen) atoms. The number of halogens is 1. The zero-order chi connectivity index (χ0) is 22.9. The number of aromatic nitrogens is 4. The fourth-order valence-corrected chi connectivity index (χ4v) is 4.39. The van der Waals surface area contributed by atoms with Gasteiger partial charge in [0.05, 0.1) is 17.7 Å². The van der Waals surface area contributed by atoms with Gasteiger partial charge in [-0.1, -0.05) is 6.07 Å². The average Bonchev–Trinajstić information content (AvgIpc) is 3.15. The number of ether oxygens (including phenoxy) is 1. The van der Waals surface area contributed by atoms with E-state index in [2.05, 4.69) is 24.9 Å². The number of rotatable bonds is 7. The number of nitrogen functional groups attached to an aromatic ring is 1. The third kappa shape index (κ3) is 4.25. The number of nitrogens with one attached hydrogen (secondary N) is 2. The maximum Gasteiger partial charge on any atom is 0.264 e. The summed E-state index contributed by atoms with van der Waals surface area (Å²) in [4.78, 5) is 8.57. The molecule has 4 aromatic rings. The molecule has 0 aliphatic carbocycles. The quantitative estimate of drug-likeness (QED) is 0.388. The van der Waals surface area contributed by atoms with E-state index in [0.29, 0.717) is 46.1 Å². The van der Waals surface area contributed by atoms with Crippen LogP contribution in [0.4, 0.5) is 15.9 Å². The van der Waals surface area contributed by atoms with Gasteiger partial charge in [-0.15, -0.1) is 0 Å². The topological polar surface area (TPSA) is 136 Å². The summed E-state index contributed by atoms with van der Waals surface area (Å²) in [6.07, 6.45) is 0. The lowest BCUT2D eigenvalue weighted by Gasteiger charge is -2.10. The Hall–Kier alpha value is -3.57. The number of aryl methyl sites for hydroxylation is 1. The van der Waals surface area contributed by atoms with Crippen molar-refractivity contribution in [3.05, 3.63) is 59.5 Å². The van der Waals surface area contributed by atoms with E-state index in [-0.39, 0.29) is 12.3 Å². The molecule has 11 heteroatoms. The number of hydrogen-bond donors (Lipinski definition) is 3. The molecule has 2 heterocycles. The van der Waals surface area contributed by atoms with Crippen molar-refractivity contribution >= 4 is 32.6 Å². The van der Waals surface area contributed by atoms with E-state index in [1.165, 1.54) is 12.1 Å². The summed E-state index contributed by atoms with van der Waals surface area (Å²) in [6.45, 7) is 4.32.